The van der Waals surface area contributed by atoms with E-state index in [1.807, 2.05) is 0 Å². The number of benzene rings is 1. The van der Waals surface area contributed by atoms with Gasteiger partial charge in [0.15, 0.2) is 0 Å². The van der Waals surface area contributed by atoms with Gasteiger partial charge in [0.05, 0.1) is 22.7 Å². The molecule has 1 rings (SSSR count). The van der Waals surface area contributed by atoms with E-state index in [0.29, 0.717) is 12.5 Å². The summed E-state index contributed by atoms with van der Waals surface area (Å²) in [4.78, 5) is 0. The number of aliphatic hydroxyl groups excluding tert-OH is 1. The monoisotopic (exact) mass is 299 g/mol. The highest BCUT2D eigenvalue weighted by Crippen LogP contribution is 2.38. The Labute approximate surface area is 113 Å². The summed E-state index contributed by atoms with van der Waals surface area (Å²) in [5, 5.41) is 9.22. The van der Waals surface area contributed by atoms with Gasteiger partial charge >= 0.3 is 6.18 Å². The van der Waals surface area contributed by atoms with E-state index in [2.05, 4.69) is 0 Å². The van der Waals surface area contributed by atoms with Crippen LogP contribution in [0.4, 0.5) is 17.6 Å². The van der Waals surface area contributed by atoms with E-state index in [9.17, 15) is 22.7 Å². The molecule has 0 radical (unpaired) electrons. The molecule has 0 aliphatic heterocycles. The molecule has 0 saturated carbocycles. The highest BCUT2D eigenvalue weighted by Gasteiger charge is 2.38. The van der Waals surface area contributed by atoms with Crippen LogP contribution < -0.4 is 5.73 Å². The summed E-state index contributed by atoms with van der Waals surface area (Å²) in [6.07, 6.45) is -5.34. The van der Waals surface area contributed by atoms with Crippen molar-refractivity contribution in [1.82, 2.24) is 0 Å². The van der Waals surface area contributed by atoms with Gasteiger partial charge < -0.3 is 10.8 Å². The summed E-state index contributed by atoms with van der Waals surface area (Å²) in [6, 6.07) is 0.0109. The quantitative estimate of drug-likeness (QED) is 0.834. The van der Waals surface area contributed by atoms with Crippen LogP contribution in [0.1, 0.15) is 36.9 Å². The second-order valence-corrected chi connectivity index (χ2v) is 4.61. The molecular formula is C12H14ClF4NO. The molecule has 1 aromatic rings. The van der Waals surface area contributed by atoms with Gasteiger partial charge in [0.2, 0.25) is 0 Å². The number of aliphatic hydroxyl groups is 1. The van der Waals surface area contributed by atoms with Gasteiger partial charge in [0, 0.05) is 5.56 Å². The molecule has 0 fully saturated rings. The van der Waals surface area contributed by atoms with Crippen molar-refractivity contribution in [2.45, 2.75) is 38.1 Å². The average Bonchev–Trinajstić information content (AvgIpc) is 2.30. The van der Waals surface area contributed by atoms with Gasteiger partial charge in [-0.05, 0) is 18.6 Å². The third kappa shape index (κ3) is 3.58. The Kier molecular flexibility index (Phi) is 5.18. The minimum atomic E-state index is -4.76. The summed E-state index contributed by atoms with van der Waals surface area (Å²) in [7, 11) is 0. The normalized spacial score (nSPS) is 15.4. The van der Waals surface area contributed by atoms with Crippen LogP contribution >= 0.6 is 11.6 Å². The van der Waals surface area contributed by atoms with E-state index in [0.717, 1.165) is 6.07 Å². The minimum Gasteiger partial charge on any atom is -0.391 e. The lowest BCUT2D eigenvalue weighted by Gasteiger charge is -2.23. The lowest BCUT2D eigenvalue weighted by Crippen LogP contribution is -2.29. The number of nitrogens with two attached hydrogens (primary N) is 1. The number of hydrogen-bond donors (Lipinski definition) is 2. The number of halogens is 5. The Morgan fingerprint density at radius 2 is 1.95 bits per heavy atom. The second-order valence-electron chi connectivity index (χ2n) is 4.20. The molecule has 19 heavy (non-hydrogen) atoms. The first-order valence-electron chi connectivity index (χ1n) is 5.68. The Balaban J connectivity index is 3.34. The van der Waals surface area contributed by atoms with Gasteiger partial charge in [0.25, 0.3) is 0 Å². The Hall–Kier alpha value is -0.850. The first-order valence-corrected chi connectivity index (χ1v) is 6.06. The van der Waals surface area contributed by atoms with Gasteiger partial charge in [-0.3, -0.25) is 0 Å². The van der Waals surface area contributed by atoms with E-state index in [1.165, 1.54) is 0 Å². The molecule has 0 saturated heterocycles. The summed E-state index contributed by atoms with van der Waals surface area (Å²) < 4.78 is 52.3. The maximum Gasteiger partial charge on any atom is 0.416 e. The molecule has 0 aliphatic rings. The van der Waals surface area contributed by atoms with Crippen LogP contribution in [0, 0.1) is 5.82 Å². The van der Waals surface area contributed by atoms with Crippen LogP contribution in [0.3, 0.4) is 0 Å². The van der Waals surface area contributed by atoms with Gasteiger partial charge in [0.1, 0.15) is 5.82 Å². The van der Waals surface area contributed by atoms with Gasteiger partial charge in [-0.2, -0.15) is 13.2 Å². The average molecular weight is 300 g/mol. The minimum absolute atomic E-state index is 0.171. The van der Waals surface area contributed by atoms with E-state index < -0.39 is 40.3 Å². The lowest BCUT2D eigenvalue weighted by atomic mass is 9.94. The van der Waals surface area contributed by atoms with Crippen molar-refractivity contribution in [3.63, 3.8) is 0 Å². The predicted molar refractivity (Wildman–Crippen MR) is 64.3 cm³/mol. The van der Waals surface area contributed by atoms with Crippen LogP contribution in [0.2, 0.25) is 5.02 Å². The molecule has 0 unspecified atom stereocenters. The highest BCUT2D eigenvalue weighted by atomic mass is 35.5. The van der Waals surface area contributed by atoms with Crippen LogP contribution in [0.5, 0.6) is 0 Å². The SMILES string of the molecule is CCC[C@@H](O)[C@@H](N)c1c(C(F)(F)F)ccc(Cl)c1F. The first-order chi connectivity index (χ1) is 8.70. The zero-order chi connectivity index (χ0) is 14.8. The maximum absolute atomic E-state index is 13.8. The smallest absolute Gasteiger partial charge is 0.391 e. The zero-order valence-corrected chi connectivity index (χ0v) is 10.9. The molecule has 108 valence electrons. The highest BCUT2D eigenvalue weighted by molar-refractivity contribution is 6.30. The van der Waals surface area contributed by atoms with Crippen molar-refractivity contribution in [3.8, 4) is 0 Å². The summed E-state index contributed by atoms with van der Waals surface area (Å²) in [5.74, 6) is -1.24. The summed E-state index contributed by atoms with van der Waals surface area (Å²) in [5.41, 5.74) is 3.54. The molecule has 2 atom stereocenters. The van der Waals surface area contributed by atoms with E-state index in [4.69, 9.17) is 17.3 Å². The largest absolute Gasteiger partial charge is 0.416 e. The van der Waals surface area contributed by atoms with Gasteiger partial charge in [-0.25, -0.2) is 4.39 Å². The third-order valence-electron chi connectivity index (χ3n) is 2.77. The number of rotatable bonds is 4. The van der Waals surface area contributed by atoms with Gasteiger partial charge in [-0.1, -0.05) is 24.9 Å². The van der Waals surface area contributed by atoms with Crippen LogP contribution in [0.15, 0.2) is 12.1 Å². The molecule has 0 amide bonds. The Bertz CT molecular complexity index is 450. The topological polar surface area (TPSA) is 46.2 Å². The summed E-state index contributed by atoms with van der Waals surface area (Å²) in [6.45, 7) is 1.73. The predicted octanol–water partition coefficient (Wildman–Crippen LogP) is 3.66. The van der Waals surface area contributed by atoms with E-state index in [1.54, 1.807) is 6.92 Å². The number of hydrogen-bond acceptors (Lipinski definition) is 2. The molecule has 3 N–H and O–H groups in total. The summed E-state index contributed by atoms with van der Waals surface area (Å²) >= 11 is 5.48. The first kappa shape index (κ1) is 16.2. The molecular weight excluding hydrogens is 286 g/mol. The standard InChI is InChI=1S/C12H14ClF4NO/c1-2-3-8(19)11(18)9-6(12(15,16)17)4-5-7(13)10(9)14/h4-5,8,11,19H,2-3,18H2,1H3/t8-,11-/m1/s1. The van der Waals surface area contributed by atoms with E-state index in [-0.39, 0.29) is 6.42 Å². The fourth-order valence-electron chi connectivity index (χ4n) is 1.81. The molecule has 0 spiro atoms. The van der Waals surface area contributed by atoms with Crippen molar-refractivity contribution in [2.75, 3.05) is 0 Å². The van der Waals surface area contributed by atoms with Crippen molar-refractivity contribution in [1.29, 1.82) is 0 Å². The fourth-order valence-corrected chi connectivity index (χ4v) is 1.97. The molecule has 0 bridgehead atoms. The Morgan fingerprint density at radius 3 is 2.42 bits per heavy atom. The van der Waals surface area contributed by atoms with Crippen LogP contribution in [0.25, 0.3) is 0 Å². The van der Waals surface area contributed by atoms with Crippen molar-refractivity contribution in [3.05, 3.63) is 34.1 Å². The molecule has 0 aliphatic carbocycles. The van der Waals surface area contributed by atoms with E-state index >= 15 is 0 Å². The van der Waals surface area contributed by atoms with Crippen molar-refractivity contribution in [2.24, 2.45) is 5.73 Å². The van der Waals surface area contributed by atoms with Crippen LogP contribution in [-0.2, 0) is 6.18 Å². The Morgan fingerprint density at radius 1 is 1.37 bits per heavy atom. The maximum atomic E-state index is 13.8. The van der Waals surface area contributed by atoms with Crippen LogP contribution in [-0.4, -0.2) is 11.2 Å². The molecule has 0 aromatic heterocycles. The zero-order valence-electron chi connectivity index (χ0n) is 10.1. The molecule has 7 heteroatoms. The third-order valence-corrected chi connectivity index (χ3v) is 3.06. The van der Waals surface area contributed by atoms with Crippen molar-refractivity contribution >= 4 is 11.6 Å². The van der Waals surface area contributed by atoms with Crippen molar-refractivity contribution < 1.29 is 22.7 Å². The molecule has 1 aromatic carbocycles. The molecule has 2 nitrogen and oxygen atoms in total. The number of alkyl halides is 3. The second kappa shape index (κ2) is 6.07. The lowest BCUT2D eigenvalue weighted by molar-refractivity contribution is -0.138. The fraction of sp³-hybridized carbons (Fsp3) is 0.500. The van der Waals surface area contributed by atoms with Gasteiger partial charge in [-0.15, -0.1) is 0 Å². The molecule has 0 heterocycles.